The Hall–Kier alpha value is -3.07. The zero-order chi connectivity index (χ0) is 18.7. The van der Waals surface area contributed by atoms with Gasteiger partial charge in [0.25, 0.3) is 5.56 Å². The minimum Gasteiger partial charge on any atom is -0.497 e. The van der Waals surface area contributed by atoms with Crippen LogP contribution in [0.5, 0.6) is 5.75 Å². The van der Waals surface area contributed by atoms with E-state index in [1.54, 1.807) is 18.7 Å². The summed E-state index contributed by atoms with van der Waals surface area (Å²) >= 11 is 0. The van der Waals surface area contributed by atoms with Crippen molar-refractivity contribution in [1.82, 2.24) is 19.1 Å². The number of aromatic amines is 1. The number of fused-ring (bicyclic) bond motifs is 1. The molecule has 0 spiro atoms. The Balaban J connectivity index is 2.00. The fraction of sp³-hybridized carbons (Fsp3) is 0.353. The summed E-state index contributed by atoms with van der Waals surface area (Å²) in [6.45, 7) is 0.701. The van der Waals surface area contributed by atoms with Crippen molar-refractivity contribution in [2.45, 2.75) is 13.0 Å². The van der Waals surface area contributed by atoms with E-state index in [2.05, 4.69) is 15.3 Å². The number of aromatic nitrogens is 4. The van der Waals surface area contributed by atoms with Gasteiger partial charge in [0.1, 0.15) is 5.75 Å². The largest absolute Gasteiger partial charge is 0.497 e. The maximum absolute atomic E-state index is 12.3. The summed E-state index contributed by atoms with van der Waals surface area (Å²) in [4.78, 5) is 30.8. The van der Waals surface area contributed by atoms with Gasteiger partial charge in [-0.3, -0.25) is 14.3 Å². The first-order valence-electron chi connectivity index (χ1n) is 8.22. The van der Waals surface area contributed by atoms with E-state index in [9.17, 15) is 9.59 Å². The molecule has 138 valence electrons. The zero-order valence-corrected chi connectivity index (χ0v) is 14.7. The molecule has 9 heteroatoms. The van der Waals surface area contributed by atoms with Gasteiger partial charge in [-0.1, -0.05) is 12.1 Å². The predicted octanol–water partition coefficient (Wildman–Crippen LogP) is 0.0788. The van der Waals surface area contributed by atoms with E-state index in [1.165, 1.54) is 4.57 Å². The smallest absolute Gasteiger partial charge is 0.329 e. The first-order valence-corrected chi connectivity index (χ1v) is 8.22. The first kappa shape index (κ1) is 17.7. The summed E-state index contributed by atoms with van der Waals surface area (Å²) in [5.41, 5.74) is 0.690. The molecule has 0 aliphatic rings. The van der Waals surface area contributed by atoms with Crippen LogP contribution in [0.3, 0.4) is 0 Å². The number of aliphatic hydroxyl groups excluding tert-OH is 1. The van der Waals surface area contributed by atoms with Crippen LogP contribution in [0.4, 0.5) is 5.95 Å². The van der Waals surface area contributed by atoms with Crippen molar-refractivity contribution in [3.63, 3.8) is 0 Å². The fourth-order valence-electron chi connectivity index (χ4n) is 2.79. The van der Waals surface area contributed by atoms with E-state index in [0.717, 1.165) is 11.3 Å². The Morgan fingerprint density at radius 2 is 2.00 bits per heavy atom. The van der Waals surface area contributed by atoms with E-state index in [0.29, 0.717) is 30.1 Å². The van der Waals surface area contributed by atoms with Crippen molar-refractivity contribution < 1.29 is 9.84 Å². The van der Waals surface area contributed by atoms with Crippen LogP contribution in [0.1, 0.15) is 5.56 Å². The molecule has 0 saturated heterocycles. The van der Waals surface area contributed by atoms with Gasteiger partial charge in [-0.15, -0.1) is 0 Å². The molecule has 0 saturated carbocycles. The number of anilines is 1. The van der Waals surface area contributed by atoms with Crippen molar-refractivity contribution in [2.75, 3.05) is 25.6 Å². The number of hydrogen-bond donors (Lipinski definition) is 3. The molecule has 0 bridgehead atoms. The molecule has 0 unspecified atom stereocenters. The molecule has 2 aromatic heterocycles. The molecule has 0 atom stereocenters. The normalized spacial score (nSPS) is 11.0. The van der Waals surface area contributed by atoms with Crippen LogP contribution in [0.15, 0.2) is 33.9 Å². The Bertz CT molecular complexity index is 1020. The minimum absolute atomic E-state index is 0.0724. The van der Waals surface area contributed by atoms with Crippen LogP contribution < -0.4 is 21.3 Å². The Morgan fingerprint density at radius 3 is 2.65 bits per heavy atom. The van der Waals surface area contributed by atoms with Crippen LogP contribution >= 0.6 is 0 Å². The molecule has 1 aromatic carbocycles. The molecule has 0 aliphatic heterocycles. The Labute approximate surface area is 148 Å². The van der Waals surface area contributed by atoms with Gasteiger partial charge in [0, 0.05) is 20.1 Å². The number of methoxy groups -OCH3 is 1. The second-order valence-electron chi connectivity index (χ2n) is 5.83. The van der Waals surface area contributed by atoms with E-state index >= 15 is 0 Å². The first-order chi connectivity index (χ1) is 12.5. The molecule has 3 rings (SSSR count). The second kappa shape index (κ2) is 7.44. The number of H-pyrrole nitrogens is 1. The van der Waals surface area contributed by atoms with E-state index < -0.39 is 11.2 Å². The van der Waals surface area contributed by atoms with Gasteiger partial charge in [0.2, 0.25) is 5.95 Å². The van der Waals surface area contributed by atoms with Crippen LogP contribution in [-0.2, 0) is 20.0 Å². The van der Waals surface area contributed by atoms with Crippen molar-refractivity contribution >= 4 is 17.1 Å². The maximum atomic E-state index is 12.3. The molecule has 26 heavy (non-hydrogen) atoms. The summed E-state index contributed by atoms with van der Waals surface area (Å²) in [5, 5.41) is 12.1. The number of benzene rings is 1. The van der Waals surface area contributed by atoms with Gasteiger partial charge in [-0.05, 0) is 24.1 Å². The molecule has 0 fully saturated rings. The third-order valence-corrected chi connectivity index (χ3v) is 4.19. The number of rotatable bonds is 7. The Kier molecular flexibility index (Phi) is 5.08. The average Bonchev–Trinajstić information content (AvgIpc) is 3.02. The molecule has 0 aliphatic carbocycles. The van der Waals surface area contributed by atoms with Crippen molar-refractivity contribution in [1.29, 1.82) is 0 Å². The lowest BCUT2D eigenvalue weighted by atomic mass is 10.1. The van der Waals surface area contributed by atoms with Gasteiger partial charge >= 0.3 is 5.69 Å². The van der Waals surface area contributed by atoms with Gasteiger partial charge in [-0.2, -0.15) is 4.98 Å². The van der Waals surface area contributed by atoms with Crippen LogP contribution in [0, 0.1) is 0 Å². The topological polar surface area (TPSA) is 114 Å². The van der Waals surface area contributed by atoms with Gasteiger partial charge in [-0.25, -0.2) is 4.79 Å². The SMILES string of the molecule is COc1ccc(CCn2c(NCCO)nc3c2c(=O)[nH]c(=O)n3C)cc1. The third kappa shape index (κ3) is 3.33. The lowest BCUT2D eigenvalue weighted by Gasteiger charge is -2.10. The highest BCUT2D eigenvalue weighted by Crippen LogP contribution is 2.17. The summed E-state index contributed by atoms with van der Waals surface area (Å²) in [6, 6.07) is 7.67. The highest BCUT2D eigenvalue weighted by Gasteiger charge is 2.17. The van der Waals surface area contributed by atoms with Crippen LogP contribution in [0.2, 0.25) is 0 Å². The van der Waals surface area contributed by atoms with Crippen molar-refractivity contribution in [2.24, 2.45) is 7.05 Å². The Morgan fingerprint density at radius 1 is 1.27 bits per heavy atom. The van der Waals surface area contributed by atoms with Gasteiger partial charge in [0.05, 0.1) is 13.7 Å². The fourth-order valence-corrected chi connectivity index (χ4v) is 2.79. The molecule has 0 radical (unpaired) electrons. The number of ether oxygens (including phenoxy) is 1. The summed E-state index contributed by atoms with van der Waals surface area (Å²) in [7, 11) is 3.17. The highest BCUT2D eigenvalue weighted by atomic mass is 16.5. The molecule has 3 aromatic rings. The number of aryl methyl sites for hydroxylation is 3. The molecular formula is C17H21N5O4. The number of hydrogen-bond acceptors (Lipinski definition) is 6. The predicted molar refractivity (Wildman–Crippen MR) is 97.9 cm³/mol. The number of nitrogens with zero attached hydrogens (tertiary/aromatic N) is 3. The van der Waals surface area contributed by atoms with Crippen LogP contribution in [-0.4, -0.2) is 44.5 Å². The summed E-state index contributed by atoms with van der Waals surface area (Å²) in [5.74, 6) is 1.22. The number of imidazole rings is 1. The second-order valence-corrected chi connectivity index (χ2v) is 5.83. The van der Waals surface area contributed by atoms with E-state index in [-0.39, 0.29) is 13.2 Å². The van der Waals surface area contributed by atoms with Crippen LogP contribution in [0.25, 0.3) is 11.2 Å². The average molecular weight is 359 g/mol. The lowest BCUT2D eigenvalue weighted by Crippen LogP contribution is -2.29. The lowest BCUT2D eigenvalue weighted by molar-refractivity contribution is 0.310. The minimum atomic E-state index is -0.518. The molecule has 9 nitrogen and oxygen atoms in total. The molecule has 2 heterocycles. The molecule has 0 amide bonds. The van der Waals surface area contributed by atoms with Gasteiger partial charge < -0.3 is 19.7 Å². The number of nitrogens with one attached hydrogen (secondary N) is 2. The quantitative estimate of drug-likeness (QED) is 0.550. The monoisotopic (exact) mass is 359 g/mol. The van der Waals surface area contributed by atoms with E-state index in [4.69, 9.17) is 9.84 Å². The van der Waals surface area contributed by atoms with E-state index in [1.807, 2.05) is 24.3 Å². The highest BCUT2D eigenvalue weighted by molar-refractivity contribution is 5.74. The van der Waals surface area contributed by atoms with Crippen molar-refractivity contribution in [3.05, 3.63) is 50.7 Å². The summed E-state index contributed by atoms with van der Waals surface area (Å²) in [6.07, 6.45) is 0.658. The third-order valence-electron chi connectivity index (χ3n) is 4.19. The number of aliphatic hydroxyl groups is 1. The zero-order valence-electron chi connectivity index (χ0n) is 14.7. The summed E-state index contributed by atoms with van der Waals surface area (Å²) < 4.78 is 8.18. The van der Waals surface area contributed by atoms with Gasteiger partial charge in [0.15, 0.2) is 11.2 Å². The standard InChI is InChI=1S/C17H21N5O4/c1-21-14-13(15(24)20-17(21)25)22(16(19-14)18-8-10-23)9-7-11-3-5-12(26-2)6-4-11/h3-6,23H,7-10H2,1-2H3,(H,18,19)(H,20,24,25). The molecule has 3 N–H and O–H groups in total. The molecular weight excluding hydrogens is 338 g/mol. The maximum Gasteiger partial charge on any atom is 0.329 e. The van der Waals surface area contributed by atoms with Crippen molar-refractivity contribution in [3.8, 4) is 5.75 Å².